The Morgan fingerprint density at radius 1 is 1.32 bits per heavy atom. The summed E-state index contributed by atoms with van der Waals surface area (Å²) in [5.74, 6) is 1.25. The van der Waals surface area contributed by atoms with E-state index in [-0.39, 0.29) is 12.1 Å². The lowest BCUT2D eigenvalue weighted by atomic mass is 9.80. The van der Waals surface area contributed by atoms with Crippen molar-refractivity contribution in [2.45, 2.75) is 38.0 Å². The van der Waals surface area contributed by atoms with Gasteiger partial charge in [0.05, 0.1) is 11.6 Å². The molecule has 19 heavy (non-hydrogen) atoms. The molecule has 3 aliphatic rings. The van der Waals surface area contributed by atoms with E-state index < -0.39 is 0 Å². The summed E-state index contributed by atoms with van der Waals surface area (Å²) in [6, 6.07) is 6.09. The highest BCUT2D eigenvalue weighted by molar-refractivity contribution is 5.90. The van der Waals surface area contributed by atoms with Crippen molar-refractivity contribution in [2.75, 3.05) is 7.05 Å². The summed E-state index contributed by atoms with van der Waals surface area (Å²) in [5, 5.41) is 14.0. The van der Waals surface area contributed by atoms with Gasteiger partial charge in [-0.05, 0) is 56.0 Å². The number of oxime groups is 1. The Morgan fingerprint density at radius 3 is 2.84 bits per heavy atom. The first-order valence-electron chi connectivity index (χ1n) is 6.92. The molecule has 1 N–H and O–H groups in total. The molecule has 1 aliphatic carbocycles. The summed E-state index contributed by atoms with van der Waals surface area (Å²) >= 11 is 0. The molecule has 2 heterocycles. The number of benzene rings is 1. The minimum Gasteiger partial charge on any atom is -0.508 e. The van der Waals surface area contributed by atoms with E-state index in [0.717, 1.165) is 5.71 Å². The average molecular weight is 258 g/mol. The first kappa shape index (κ1) is 11.3. The predicted octanol–water partition coefficient (Wildman–Crippen LogP) is 2.60. The number of rotatable bonds is 1. The van der Waals surface area contributed by atoms with Crippen molar-refractivity contribution in [2.24, 2.45) is 11.1 Å². The molecule has 1 aromatic carbocycles. The Kier molecular flexibility index (Phi) is 2.22. The monoisotopic (exact) mass is 258 g/mol. The Morgan fingerprint density at radius 2 is 2.11 bits per heavy atom. The number of phenols is 1. The van der Waals surface area contributed by atoms with Crippen molar-refractivity contribution < 1.29 is 9.94 Å². The van der Waals surface area contributed by atoms with E-state index in [1.165, 1.54) is 24.0 Å². The van der Waals surface area contributed by atoms with Gasteiger partial charge in [0.25, 0.3) is 0 Å². The van der Waals surface area contributed by atoms with Crippen LogP contribution in [0.2, 0.25) is 0 Å². The third kappa shape index (κ3) is 1.53. The molecule has 3 atom stereocenters. The number of hydrogen-bond acceptors (Lipinski definition) is 4. The molecule has 100 valence electrons. The second kappa shape index (κ2) is 3.73. The van der Waals surface area contributed by atoms with Gasteiger partial charge in [-0.1, -0.05) is 11.2 Å². The first-order valence-corrected chi connectivity index (χ1v) is 6.92. The SMILES string of the molecule is CC1=NO[C@@H]2[C@H]1c1ccc(O)cc1[C@@H](C1CC1)N2C. The van der Waals surface area contributed by atoms with Crippen LogP contribution in [-0.4, -0.2) is 29.0 Å². The summed E-state index contributed by atoms with van der Waals surface area (Å²) in [5.41, 5.74) is 3.56. The maximum atomic E-state index is 9.82. The fourth-order valence-corrected chi connectivity index (χ4v) is 3.63. The highest BCUT2D eigenvalue weighted by Crippen LogP contribution is 2.52. The molecular formula is C15H18N2O2. The van der Waals surface area contributed by atoms with Gasteiger partial charge in [0.2, 0.25) is 0 Å². The molecule has 4 nitrogen and oxygen atoms in total. The van der Waals surface area contributed by atoms with Crippen LogP contribution in [-0.2, 0) is 4.84 Å². The standard InChI is InChI=1S/C15H18N2O2/c1-8-13-11-6-5-10(18)7-12(11)14(9-3-4-9)17(2)15(13)19-16-8/h5-7,9,13-15,18H,3-4H2,1-2H3/t13-,14-,15-/m1/s1. The quantitative estimate of drug-likeness (QED) is 0.842. The second-order valence-corrected chi connectivity index (χ2v) is 5.97. The van der Waals surface area contributed by atoms with Crippen molar-refractivity contribution in [1.82, 2.24) is 4.90 Å². The van der Waals surface area contributed by atoms with Crippen molar-refractivity contribution in [1.29, 1.82) is 0 Å². The molecule has 4 heteroatoms. The van der Waals surface area contributed by atoms with Crippen LogP contribution in [0.4, 0.5) is 0 Å². The Balaban J connectivity index is 1.88. The third-order valence-electron chi connectivity index (χ3n) is 4.67. The van der Waals surface area contributed by atoms with Crippen LogP contribution in [0.1, 0.15) is 42.9 Å². The van der Waals surface area contributed by atoms with Crippen molar-refractivity contribution in [3.05, 3.63) is 29.3 Å². The van der Waals surface area contributed by atoms with Gasteiger partial charge in [0.15, 0.2) is 6.23 Å². The van der Waals surface area contributed by atoms with E-state index in [1.807, 2.05) is 19.1 Å². The lowest BCUT2D eigenvalue weighted by Gasteiger charge is -2.41. The van der Waals surface area contributed by atoms with E-state index in [2.05, 4.69) is 17.1 Å². The van der Waals surface area contributed by atoms with Gasteiger partial charge in [-0.3, -0.25) is 4.90 Å². The number of aromatic hydroxyl groups is 1. The molecule has 0 amide bonds. The van der Waals surface area contributed by atoms with Gasteiger partial charge in [0.1, 0.15) is 5.75 Å². The summed E-state index contributed by atoms with van der Waals surface area (Å²) in [6.45, 7) is 2.02. The fraction of sp³-hybridized carbons (Fsp3) is 0.533. The zero-order valence-corrected chi connectivity index (χ0v) is 11.2. The molecule has 0 aromatic heterocycles. The molecule has 0 bridgehead atoms. The van der Waals surface area contributed by atoms with Gasteiger partial charge in [-0.15, -0.1) is 0 Å². The van der Waals surface area contributed by atoms with Crippen molar-refractivity contribution >= 4 is 5.71 Å². The number of nitrogens with zero attached hydrogens (tertiary/aromatic N) is 2. The molecule has 2 aliphatic heterocycles. The first-order chi connectivity index (χ1) is 9.16. The van der Waals surface area contributed by atoms with Gasteiger partial charge in [-0.25, -0.2) is 0 Å². The van der Waals surface area contributed by atoms with E-state index in [4.69, 9.17) is 4.84 Å². The van der Waals surface area contributed by atoms with Gasteiger partial charge < -0.3 is 9.94 Å². The average Bonchev–Trinajstić information content (AvgIpc) is 3.13. The highest BCUT2D eigenvalue weighted by Gasteiger charge is 2.49. The van der Waals surface area contributed by atoms with E-state index in [0.29, 0.717) is 17.7 Å². The molecule has 0 unspecified atom stereocenters. The van der Waals surface area contributed by atoms with Crippen LogP contribution in [0.15, 0.2) is 23.4 Å². The number of likely N-dealkylation sites (N-methyl/N-ethyl adjacent to an activating group) is 1. The molecule has 0 radical (unpaired) electrons. The van der Waals surface area contributed by atoms with E-state index in [9.17, 15) is 5.11 Å². The van der Waals surface area contributed by atoms with Crippen LogP contribution >= 0.6 is 0 Å². The summed E-state index contributed by atoms with van der Waals surface area (Å²) in [6.07, 6.45) is 2.55. The Labute approximate surface area is 112 Å². The molecule has 0 saturated heterocycles. The Hall–Kier alpha value is -1.55. The van der Waals surface area contributed by atoms with Crippen LogP contribution in [0, 0.1) is 5.92 Å². The molecule has 1 saturated carbocycles. The van der Waals surface area contributed by atoms with Crippen molar-refractivity contribution in [3.63, 3.8) is 0 Å². The summed E-state index contributed by atoms with van der Waals surface area (Å²) < 4.78 is 0. The van der Waals surface area contributed by atoms with Crippen LogP contribution < -0.4 is 0 Å². The van der Waals surface area contributed by atoms with Gasteiger partial charge >= 0.3 is 0 Å². The topological polar surface area (TPSA) is 45.1 Å². The van der Waals surface area contributed by atoms with Gasteiger partial charge in [-0.2, -0.15) is 0 Å². The molecule has 1 fully saturated rings. The minimum atomic E-state index is 0.0163. The van der Waals surface area contributed by atoms with Crippen LogP contribution in [0.5, 0.6) is 5.75 Å². The lowest BCUT2D eigenvalue weighted by Crippen LogP contribution is -2.45. The normalized spacial score (nSPS) is 33.4. The zero-order valence-electron chi connectivity index (χ0n) is 11.2. The highest BCUT2D eigenvalue weighted by atomic mass is 16.7. The van der Waals surface area contributed by atoms with Crippen LogP contribution in [0.25, 0.3) is 0 Å². The number of fused-ring (bicyclic) bond motifs is 3. The summed E-state index contributed by atoms with van der Waals surface area (Å²) in [4.78, 5) is 7.92. The predicted molar refractivity (Wildman–Crippen MR) is 72.1 cm³/mol. The molecular weight excluding hydrogens is 240 g/mol. The van der Waals surface area contributed by atoms with Crippen molar-refractivity contribution in [3.8, 4) is 5.75 Å². The fourth-order valence-electron chi connectivity index (χ4n) is 3.63. The molecule has 4 rings (SSSR count). The zero-order chi connectivity index (χ0) is 13.1. The number of hydrogen-bond donors (Lipinski definition) is 1. The molecule has 1 aromatic rings. The minimum absolute atomic E-state index is 0.0163. The Bertz CT molecular complexity index is 565. The van der Waals surface area contributed by atoms with E-state index >= 15 is 0 Å². The maximum absolute atomic E-state index is 9.82. The lowest BCUT2D eigenvalue weighted by molar-refractivity contribution is -0.0659. The summed E-state index contributed by atoms with van der Waals surface area (Å²) in [7, 11) is 2.11. The van der Waals surface area contributed by atoms with Crippen LogP contribution in [0.3, 0.4) is 0 Å². The van der Waals surface area contributed by atoms with E-state index in [1.54, 1.807) is 6.07 Å². The third-order valence-corrected chi connectivity index (χ3v) is 4.67. The number of phenolic OH excluding ortho intramolecular Hbond substituents is 1. The van der Waals surface area contributed by atoms with Gasteiger partial charge in [0, 0.05) is 6.04 Å². The maximum Gasteiger partial charge on any atom is 0.193 e. The molecule has 0 spiro atoms. The second-order valence-electron chi connectivity index (χ2n) is 5.97. The largest absolute Gasteiger partial charge is 0.508 e. The smallest absolute Gasteiger partial charge is 0.193 e.